The van der Waals surface area contributed by atoms with E-state index in [-0.39, 0.29) is 17.9 Å². The van der Waals surface area contributed by atoms with Gasteiger partial charge in [-0.2, -0.15) is 0 Å². The van der Waals surface area contributed by atoms with Crippen LogP contribution < -0.4 is 4.90 Å². The number of hydrogen-bond donors (Lipinski definition) is 1. The topological polar surface area (TPSA) is 70.5 Å². The minimum absolute atomic E-state index is 0.226. The molecule has 4 rings (SSSR count). The number of carbonyl (C=O) groups is 2. The number of aliphatic hydroxyl groups is 1. The van der Waals surface area contributed by atoms with Crippen LogP contribution in [0.25, 0.3) is 0 Å². The van der Waals surface area contributed by atoms with Gasteiger partial charge in [0.05, 0.1) is 18.7 Å². The highest BCUT2D eigenvalue weighted by Crippen LogP contribution is 2.45. The van der Waals surface area contributed by atoms with Gasteiger partial charge in [-0.3, -0.25) is 14.6 Å². The Morgan fingerprint density at radius 3 is 2.62 bits per heavy atom. The minimum Gasteiger partial charge on any atom is -0.375 e. The van der Waals surface area contributed by atoms with Gasteiger partial charge in [0.1, 0.15) is 5.69 Å². The smallest absolute Gasteiger partial charge is 0.264 e. The van der Waals surface area contributed by atoms with Gasteiger partial charge >= 0.3 is 0 Å². The normalized spacial score (nSPS) is 17.7. The molecular formula is C26H25BrN2O3. The number of aromatic nitrogens is 1. The Morgan fingerprint density at radius 1 is 1.16 bits per heavy atom. The molecule has 0 radical (unpaired) electrons. The molecule has 0 fully saturated rings. The number of anilines is 1. The van der Waals surface area contributed by atoms with Gasteiger partial charge in [0.15, 0.2) is 11.4 Å². The molecule has 2 aromatic carbocycles. The van der Waals surface area contributed by atoms with Crippen LogP contribution in [0.2, 0.25) is 0 Å². The summed E-state index contributed by atoms with van der Waals surface area (Å²) in [5.74, 6) is -0.517. The van der Waals surface area contributed by atoms with E-state index < -0.39 is 11.5 Å². The van der Waals surface area contributed by atoms with Crippen molar-refractivity contribution in [2.75, 3.05) is 4.90 Å². The highest BCUT2D eigenvalue weighted by molar-refractivity contribution is 9.10. The number of fused-ring (bicyclic) bond motifs is 1. The standard InChI is InChI=1S/C26H25BrN2O3/c1-16(2)18-8-7-17(3)19(12-18)15-29-23-10-9-20(27)13-21(23)26(32,25(29)31)14-24(30)22-6-4-5-11-28-22/h4-13,16,32H,14-15H2,1-3H3. The maximum Gasteiger partial charge on any atom is 0.264 e. The van der Waals surface area contributed by atoms with Crippen molar-refractivity contribution in [1.82, 2.24) is 4.98 Å². The molecule has 6 heteroatoms. The molecule has 1 N–H and O–H groups in total. The summed E-state index contributed by atoms with van der Waals surface area (Å²) in [4.78, 5) is 32.1. The van der Waals surface area contributed by atoms with Crippen molar-refractivity contribution in [2.45, 2.75) is 45.3 Å². The molecule has 1 aliphatic heterocycles. The van der Waals surface area contributed by atoms with Crippen molar-refractivity contribution in [3.63, 3.8) is 0 Å². The van der Waals surface area contributed by atoms with E-state index in [4.69, 9.17) is 0 Å². The first kappa shape index (κ1) is 22.4. The molecule has 32 heavy (non-hydrogen) atoms. The number of pyridine rings is 1. The second-order valence-corrected chi connectivity index (χ2v) is 9.48. The molecule has 5 nitrogen and oxygen atoms in total. The second-order valence-electron chi connectivity index (χ2n) is 8.57. The van der Waals surface area contributed by atoms with Crippen molar-refractivity contribution in [3.05, 3.63) is 93.2 Å². The fraction of sp³-hybridized carbons (Fsp3) is 0.269. The summed E-state index contributed by atoms with van der Waals surface area (Å²) < 4.78 is 0.729. The Labute approximate surface area is 196 Å². The summed E-state index contributed by atoms with van der Waals surface area (Å²) in [6, 6.07) is 16.7. The predicted molar refractivity (Wildman–Crippen MR) is 128 cm³/mol. The molecule has 1 amide bonds. The molecule has 1 unspecified atom stereocenters. The molecule has 1 aromatic heterocycles. The molecule has 0 aliphatic carbocycles. The van der Waals surface area contributed by atoms with E-state index in [9.17, 15) is 14.7 Å². The molecular weight excluding hydrogens is 468 g/mol. The number of nitrogens with zero attached hydrogens (tertiary/aromatic N) is 2. The summed E-state index contributed by atoms with van der Waals surface area (Å²) in [6.45, 7) is 6.59. The zero-order valence-electron chi connectivity index (χ0n) is 18.3. The number of Topliss-reactive ketones (excluding diaryl/α,β-unsaturated/α-hetero) is 1. The number of halogens is 1. The summed E-state index contributed by atoms with van der Waals surface area (Å²) in [7, 11) is 0. The van der Waals surface area contributed by atoms with Gasteiger partial charge in [0, 0.05) is 16.2 Å². The third kappa shape index (κ3) is 4.00. The number of rotatable bonds is 6. The maximum absolute atomic E-state index is 13.6. The van der Waals surface area contributed by atoms with E-state index in [1.807, 2.05) is 19.1 Å². The van der Waals surface area contributed by atoms with Crippen molar-refractivity contribution in [2.24, 2.45) is 0 Å². The Hall–Kier alpha value is -2.83. The van der Waals surface area contributed by atoms with Crippen molar-refractivity contribution in [3.8, 4) is 0 Å². The lowest BCUT2D eigenvalue weighted by atomic mass is 9.89. The molecule has 0 spiro atoms. The van der Waals surface area contributed by atoms with Crippen LogP contribution >= 0.6 is 15.9 Å². The first-order valence-electron chi connectivity index (χ1n) is 10.6. The van der Waals surface area contributed by atoms with Crippen molar-refractivity contribution < 1.29 is 14.7 Å². The number of ketones is 1. The van der Waals surface area contributed by atoms with Crippen LogP contribution in [0.5, 0.6) is 0 Å². The molecule has 0 saturated carbocycles. The quantitative estimate of drug-likeness (QED) is 0.475. The third-order valence-electron chi connectivity index (χ3n) is 6.03. The van der Waals surface area contributed by atoms with Crippen LogP contribution in [0, 0.1) is 6.92 Å². The van der Waals surface area contributed by atoms with E-state index in [0.717, 1.165) is 15.6 Å². The fourth-order valence-corrected chi connectivity index (χ4v) is 4.45. The second kappa shape index (κ2) is 8.60. The van der Waals surface area contributed by atoms with E-state index in [2.05, 4.69) is 53.0 Å². The molecule has 3 aromatic rings. The van der Waals surface area contributed by atoms with Crippen molar-refractivity contribution in [1.29, 1.82) is 0 Å². The van der Waals surface area contributed by atoms with Crippen LogP contribution in [0.1, 0.15) is 58.9 Å². The van der Waals surface area contributed by atoms with Crippen LogP contribution in [-0.2, 0) is 16.9 Å². The predicted octanol–water partition coefficient (Wildman–Crippen LogP) is 5.28. The van der Waals surface area contributed by atoms with Crippen LogP contribution in [0.4, 0.5) is 5.69 Å². The molecule has 0 saturated heterocycles. The lowest BCUT2D eigenvalue weighted by Crippen LogP contribution is -2.41. The highest BCUT2D eigenvalue weighted by Gasteiger charge is 2.51. The van der Waals surface area contributed by atoms with Gasteiger partial charge in [-0.1, -0.05) is 54.0 Å². The first-order chi connectivity index (χ1) is 15.2. The van der Waals surface area contributed by atoms with Crippen molar-refractivity contribution >= 4 is 33.3 Å². The Balaban J connectivity index is 1.73. The van der Waals surface area contributed by atoms with E-state index in [1.165, 1.54) is 11.8 Å². The third-order valence-corrected chi connectivity index (χ3v) is 6.52. The largest absolute Gasteiger partial charge is 0.375 e. The highest BCUT2D eigenvalue weighted by atomic mass is 79.9. The number of hydrogen-bond acceptors (Lipinski definition) is 4. The summed E-state index contributed by atoms with van der Waals surface area (Å²) in [6.07, 6.45) is 1.16. The van der Waals surface area contributed by atoms with Gasteiger partial charge < -0.3 is 10.0 Å². The maximum atomic E-state index is 13.6. The van der Waals surface area contributed by atoms with Gasteiger partial charge in [0.2, 0.25) is 0 Å². The molecule has 2 heterocycles. The monoisotopic (exact) mass is 492 g/mol. The Bertz CT molecular complexity index is 1190. The number of carbonyl (C=O) groups excluding carboxylic acids is 2. The summed E-state index contributed by atoms with van der Waals surface area (Å²) >= 11 is 3.43. The van der Waals surface area contributed by atoms with Gasteiger partial charge in [0.25, 0.3) is 5.91 Å². The van der Waals surface area contributed by atoms with E-state index in [0.29, 0.717) is 23.7 Å². The lowest BCUT2D eigenvalue weighted by molar-refractivity contribution is -0.136. The summed E-state index contributed by atoms with van der Waals surface area (Å²) in [5.41, 5.74) is 2.59. The lowest BCUT2D eigenvalue weighted by Gasteiger charge is -2.23. The number of benzene rings is 2. The SMILES string of the molecule is Cc1ccc(C(C)C)cc1CN1C(=O)C(O)(CC(=O)c2ccccn2)c2cc(Br)ccc21. The zero-order chi connectivity index (χ0) is 23.0. The van der Waals surface area contributed by atoms with Gasteiger partial charge in [-0.05, 0) is 59.9 Å². The Kier molecular flexibility index (Phi) is 6.01. The van der Waals surface area contributed by atoms with Gasteiger partial charge in [-0.25, -0.2) is 0 Å². The summed E-state index contributed by atoms with van der Waals surface area (Å²) in [5, 5.41) is 11.6. The molecule has 0 bridgehead atoms. The number of aryl methyl sites for hydroxylation is 1. The van der Waals surface area contributed by atoms with Gasteiger partial charge in [-0.15, -0.1) is 0 Å². The van der Waals surface area contributed by atoms with E-state index in [1.54, 1.807) is 29.2 Å². The van der Waals surface area contributed by atoms with Crippen LogP contribution in [-0.4, -0.2) is 21.8 Å². The fourth-order valence-electron chi connectivity index (χ4n) is 4.09. The van der Waals surface area contributed by atoms with Crippen LogP contribution in [0.3, 0.4) is 0 Å². The Morgan fingerprint density at radius 2 is 1.94 bits per heavy atom. The average Bonchev–Trinajstić information content (AvgIpc) is 2.97. The molecule has 1 atom stereocenters. The zero-order valence-corrected chi connectivity index (χ0v) is 19.9. The van der Waals surface area contributed by atoms with E-state index >= 15 is 0 Å². The molecule has 164 valence electrons. The number of amides is 1. The minimum atomic E-state index is -1.95. The average molecular weight is 493 g/mol. The first-order valence-corrected chi connectivity index (χ1v) is 11.4. The van der Waals surface area contributed by atoms with Crippen LogP contribution in [0.15, 0.2) is 65.3 Å². The molecule has 1 aliphatic rings.